The number of methoxy groups -OCH3 is 1. The molecular weight excluding hydrogens is 290 g/mol. The van der Waals surface area contributed by atoms with E-state index in [0.717, 1.165) is 13.1 Å². The molecule has 1 saturated heterocycles. The van der Waals surface area contributed by atoms with Gasteiger partial charge in [0.25, 0.3) is 0 Å². The van der Waals surface area contributed by atoms with Gasteiger partial charge in [-0.05, 0) is 25.0 Å². The van der Waals surface area contributed by atoms with E-state index < -0.39 is 10.0 Å². The van der Waals surface area contributed by atoms with Crippen molar-refractivity contribution >= 4 is 15.7 Å². The molecule has 6 nitrogen and oxygen atoms in total. The van der Waals surface area contributed by atoms with Crippen LogP contribution in [0.1, 0.15) is 12.8 Å². The Hall–Kier alpha value is -1.31. The molecule has 2 N–H and O–H groups in total. The fourth-order valence-electron chi connectivity index (χ4n) is 2.75. The first-order valence-electron chi connectivity index (χ1n) is 7.20. The van der Waals surface area contributed by atoms with Crippen LogP contribution in [-0.2, 0) is 10.0 Å². The monoisotopic (exact) mass is 311 g/mol. The minimum Gasteiger partial charge on any atom is -0.495 e. The van der Waals surface area contributed by atoms with Gasteiger partial charge in [-0.3, -0.25) is 4.90 Å². The first kappa shape index (κ1) is 14.6. The number of anilines is 1. The van der Waals surface area contributed by atoms with E-state index in [4.69, 9.17) is 10.5 Å². The fraction of sp³-hybridized carbons (Fsp3) is 0.571. The van der Waals surface area contributed by atoms with Crippen LogP contribution in [0, 0.1) is 0 Å². The summed E-state index contributed by atoms with van der Waals surface area (Å²) < 4.78 is 32.0. The molecule has 1 saturated carbocycles. The van der Waals surface area contributed by atoms with E-state index >= 15 is 0 Å². The minimum absolute atomic E-state index is 0.244. The zero-order valence-corrected chi connectivity index (χ0v) is 13.0. The van der Waals surface area contributed by atoms with Gasteiger partial charge in [0.2, 0.25) is 10.0 Å². The number of ether oxygens (including phenoxy) is 1. The van der Waals surface area contributed by atoms with Crippen LogP contribution < -0.4 is 10.5 Å². The number of sulfonamides is 1. The van der Waals surface area contributed by atoms with Gasteiger partial charge in [0.05, 0.1) is 17.7 Å². The van der Waals surface area contributed by atoms with E-state index in [9.17, 15) is 8.42 Å². The number of nitrogens with zero attached hydrogens (tertiary/aromatic N) is 2. The first-order chi connectivity index (χ1) is 10.0. The Labute approximate surface area is 125 Å². The van der Waals surface area contributed by atoms with Gasteiger partial charge in [-0.1, -0.05) is 0 Å². The van der Waals surface area contributed by atoms with Crippen molar-refractivity contribution < 1.29 is 13.2 Å². The summed E-state index contributed by atoms with van der Waals surface area (Å²) in [5, 5.41) is 0. The number of piperazine rings is 1. The molecule has 1 aliphatic carbocycles. The summed E-state index contributed by atoms with van der Waals surface area (Å²) in [4.78, 5) is 2.63. The second-order valence-corrected chi connectivity index (χ2v) is 7.51. The largest absolute Gasteiger partial charge is 0.495 e. The van der Waals surface area contributed by atoms with Crippen molar-refractivity contribution in [3.05, 3.63) is 18.2 Å². The zero-order valence-electron chi connectivity index (χ0n) is 12.2. The predicted molar refractivity (Wildman–Crippen MR) is 80.8 cm³/mol. The lowest BCUT2D eigenvalue weighted by atomic mass is 10.3. The van der Waals surface area contributed by atoms with Crippen LogP contribution in [0.5, 0.6) is 5.75 Å². The molecule has 2 aliphatic rings. The molecule has 21 heavy (non-hydrogen) atoms. The van der Waals surface area contributed by atoms with E-state index in [-0.39, 0.29) is 4.90 Å². The average Bonchev–Trinajstić information content (AvgIpc) is 3.32. The molecular formula is C14H21N3O3S. The second-order valence-electron chi connectivity index (χ2n) is 5.57. The summed E-state index contributed by atoms with van der Waals surface area (Å²) in [7, 11) is -1.99. The quantitative estimate of drug-likeness (QED) is 0.830. The lowest BCUT2D eigenvalue weighted by molar-refractivity contribution is 0.180. The Balaban J connectivity index is 1.77. The summed E-state index contributed by atoms with van der Waals surface area (Å²) in [6.07, 6.45) is 2.50. The number of nitrogen functional groups attached to an aromatic ring is 1. The SMILES string of the molecule is COc1cc(S(=O)(=O)N2CCN(C3CC3)CC2)ccc1N. The normalized spacial score (nSPS) is 21.4. The molecule has 0 unspecified atom stereocenters. The number of hydrogen-bond donors (Lipinski definition) is 1. The van der Waals surface area contributed by atoms with E-state index in [1.54, 1.807) is 16.4 Å². The molecule has 3 rings (SSSR count). The molecule has 2 fully saturated rings. The molecule has 1 aromatic rings. The molecule has 0 atom stereocenters. The van der Waals surface area contributed by atoms with Gasteiger partial charge in [-0.15, -0.1) is 0 Å². The molecule has 0 radical (unpaired) electrons. The first-order valence-corrected chi connectivity index (χ1v) is 8.64. The molecule has 1 aliphatic heterocycles. The van der Waals surface area contributed by atoms with E-state index in [1.165, 1.54) is 26.0 Å². The van der Waals surface area contributed by atoms with Crippen molar-refractivity contribution in [3.8, 4) is 5.75 Å². The zero-order chi connectivity index (χ0) is 15.0. The summed E-state index contributed by atoms with van der Waals surface area (Å²) in [5.41, 5.74) is 6.18. The topological polar surface area (TPSA) is 75.9 Å². The van der Waals surface area contributed by atoms with Crippen LogP contribution >= 0.6 is 0 Å². The highest BCUT2D eigenvalue weighted by Gasteiger charge is 2.35. The second kappa shape index (κ2) is 5.47. The van der Waals surface area contributed by atoms with Crippen LogP contribution in [0.2, 0.25) is 0 Å². The molecule has 0 amide bonds. The van der Waals surface area contributed by atoms with Crippen molar-refractivity contribution in [2.24, 2.45) is 0 Å². The minimum atomic E-state index is -3.47. The van der Waals surface area contributed by atoms with Crippen LogP contribution in [0.4, 0.5) is 5.69 Å². The van der Waals surface area contributed by atoms with Gasteiger partial charge in [0.15, 0.2) is 0 Å². The maximum absolute atomic E-state index is 12.7. The van der Waals surface area contributed by atoms with Gasteiger partial charge in [0.1, 0.15) is 5.75 Å². The highest BCUT2D eigenvalue weighted by Crippen LogP contribution is 2.30. The number of nitrogens with two attached hydrogens (primary N) is 1. The Morgan fingerprint density at radius 2 is 1.86 bits per heavy atom. The highest BCUT2D eigenvalue weighted by molar-refractivity contribution is 7.89. The van der Waals surface area contributed by atoms with Crippen LogP contribution in [-0.4, -0.2) is 57.0 Å². The maximum Gasteiger partial charge on any atom is 0.243 e. The highest BCUT2D eigenvalue weighted by atomic mass is 32.2. The van der Waals surface area contributed by atoms with Gasteiger partial charge in [-0.2, -0.15) is 4.31 Å². The Morgan fingerprint density at radius 1 is 1.19 bits per heavy atom. The van der Waals surface area contributed by atoms with Gasteiger partial charge < -0.3 is 10.5 Å². The third-order valence-corrected chi connectivity index (χ3v) is 6.07. The van der Waals surface area contributed by atoms with Crippen molar-refractivity contribution in [2.75, 3.05) is 39.0 Å². The van der Waals surface area contributed by atoms with Crippen molar-refractivity contribution in [1.82, 2.24) is 9.21 Å². The van der Waals surface area contributed by atoms with Gasteiger partial charge in [0, 0.05) is 38.3 Å². The molecule has 0 bridgehead atoms. The number of rotatable bonds is 4. The number of hydrogen-bond acceptors (Lipinski definition) is 5. The number of benzene rings is 1. The van der Waals surface area contributed by atoms with E-state index in [0.29, 0.717) is 30.6 Å². The standard InChI is InChI=1S/C14H21N3O3S/c1-20-14-10-12(4-5-13(14)15)21(18,19)17-8-6-16(7-9-17)11-2-3-11/h4-5,10-11H,2-3,6-9,15H2,1H3. The summed E-state index contributed by atoms with van der Waals surface area (Å²) in [5.74, 6) is 0.396. The lowest BCUT2D eigenvalue weighted by Gasteiger charge is -2.34. The molecule has 0 aromatic heterocycles. The average molecular weight is 311 g/mol. The lowest BCUT2D eigenvalue weighted by Crippen LogP contribution is -2.49. The van der Waals surface area contributed by atoms with Crippen LogP contribution in [0.3, 0.4) is 0 Å². The molecule has 116 valence electrons. The Kier molecular flexibility index (Phi) is 3.81. The third kappa shape index (κ3) is 2.86. The molecule has 1 heterocycles. The fourth-order valence-corrected chi connectivity index (χ4v) is 4.19. The predicted octanol–water partition coefficient (Wildman–Crippen LogP) is 0.746. The van der Waals surface area contributed by atoms with Gasteiger partial charge >= 0.3 is 0 Å². The summed E-state index contributed by atoms with van der Waals surface area (Å²) in [6.45, 7) is 2.73. The van der Waals surface area contributed by atoms with E-state index in [1.807, 2.05) is 0 Å². The van der Waals surface area contributed by atoms with Crippen LogP contribution in [0.15, 0.2) is 23.1 Å². The van der Waals surface area contributed by atoms with Crippen molar-refractivity contribution in [3.63, 3.8) is 0 Å². The summed E-state index contributed by atoms with van der Waals surface area (Å²) in [6, 6.07) is 5.30. The Morgan fingerprint density at radius 3 is 2.43 bits per heavy atom. The Bertz CT molecular complexity index is 620. The van der Waals surface area contributed by atoms with Crippen molar-refractivity contribution in [2.45, 2.75) is 23.8 Å². The summed E-state index contributed by atoms with van der Waals surface area (Å²) >= 11 is 0. The third-order valence-electron chi connectivity index (χ3n) is 4.18. The molecule has 7 heteroatoms. The molecule has 1 aromatic carbocycles. The van der Waals surface area contributed by atoms with E-state index in [2.05, 4.69) is 4.90 Å². The van der Waals surface area contributed by atoms with Crippen molar-refractivity contribution in [1.29, 1.82) is 0 Å². The van der Waals surface area contributed by atoms with Crippen LogP contribution in [0.25, 0.3) is 0 Å². The molecule has 0 spiro atoms. The smallest absolute Gasteiger partial charge is 0.243 e. The van der Waals surface area contributed by atoms with Gasteiger partial charge in [-0.25, -0.2) is 8.42 Å². The maximum atomic E-state index is 12.7.